The van der Waals surface area contributed by atoms with E-state index in [-0.39, 0.29) is 6.10 Å². The molecule has 0 atom stereocenters. The fourth-order valence-electron chi connectivity index (χ4n) is 2.67. The first kappa shape index (κ1) is 12.5. The van der Waals surface area contributed by atoms with Gasteiger partial charge in [0.2, 0.25) is 0 Å². The summed E-state index contributed by atoms with van der Waals surface area (Å²) in [6.07, 6.45) is 5.13. The van der Waals surface area contributed by atoms with Crippen LogP contribution in [0.2, 0.25) is 0 Å². The molecule has 0 radical (unpaired) electrons. The second-order valence-electron chi connectivity index (χ2n) is 5.41. The normalized spacial score (nSPS) is 21.3. The zero-order valence-corrected chi connectivity index (χ0v) is 10.9. The second-order valence-corrected chi connectivity index (χ2v) is 5.41. The molecule has 1 saturated heterocycles. The lowest BCUT2D eigenvalue weighted by Gasteiger charge is -2.32. The van der Waals surface area contributed by atoms with Gasteiger partial charge in [-0.15, -0.1) is 0 Å². The Morgan fingerprint density at radius 2 is 1.74 bits per heavy atom. The van der Waals surface area contributed by atoms with Crippen molar-refractivity contribution in [2.45, 2.75) is 37.8 Å². The maximum absolute atomic E-state index is 10.8. The molecule has 102 valence electrons. The Hall–Kier alpha value is -1.55. The summed E-state index contributed by atoms with van der Waals surface area (Å²) in [6, 6.07) is 7.53. The molecule has 0 spiro atoms. The van der Waals surface area contributed by atoms with Gasteiger partial charge in [-0.05, 0) is 49.9 Å². The average Bonchev–Trinajstić information content (AvgIpc) is 3.25. The van der Waals surface area contributed by atoms with Gasteiger partial charge in [-0.1, -0.05) is 0 Å². The van der Waals surface area contributed by atoms with E-state index in [0.29, 0.717) is 5.56 Å². The minimum atomic E-state index is -0.899. The van der Waals surface area contributed by atoms with Crippen LogP contribution in [0.15, 0.2) is 24.3 Å². The summed E-state index contributed by atoms with van der Waals surface area (Å²) in [5.74, 6) is -0.126. The van der Waals surface area contributed by atoms with Crippen LogP contribution in [0.4, 0.5) is 0 Å². The molecule has 0 amide bonds. The van der Waals surface area contributed by atoms with E-state index < -0.39 is 5.97 Å². The van der Waals surface area contributed by atoms with Crippen LogP contribution >= 0.6 is 0 Å². The van der Waals surface area contributed by atoms with Crippen molar-refractivity contribution in [2.75, 3.05) is 13.1 Å². The molecule has 1 aliphatic carbocycles. The zero-order chi connectivity index (χ0) is 13.2. The maximum atomic E-state index is 10.8. The molecule has 1 aromatic carbocycles. The van der Waals surface area contributed by atoms with E-state index in [1.807, 2.05) is 0 Å². The molecule has 2 fully saturated rings. The van der Waals surface area contributed by atoms with Gasteiger partial charge >= 0.3 is 5.97 Å². The fourth-order valence-corrected chi connectivity index (χ4v) is 2.67. The number of hydrogen-bond acceptors (Lipinski definition) is 3. The molecule has 0 unspecified atom stereocenters. The minimum absolute atomic E-state index is 0.269. The first-order valence-corrected chi connectivity index (χ1v) is 6.96. The van der Waals surface area contributed by atoms with Gasteiger partial charge in [0.25, 0.3) is 0 Å². The third-order valence-corrected chi connectivity index (χ3v) is 3.94. The predicted octanol–water partition coefficient (Wildman–Crippen LogP) is 2.39. The number of carboxylic acid groups (broad SMARTS) is 1. The van der Waals surface area contributed by atoms with Crippen molar-refractivity contribution in [2.24, 2.45) is 0 Å². The van der Waals surface area contributed by atoms with Crippen molar-refractivity contribution in [1.82, 2.24) is 4.90 Å². The second kappa shape index (κ2) is 5.21. The lowest BCUT2D eigenvalue weighted by molar-refractivity contribution is 0.0696. The van der Waals surface area contributed by atoms with Gasteiger partial charge in [0.15, 0.2) is 0 Å². The maximum Gasteiger partial charge on any atom is 0.335 e. The van der Waals surface area contributed by atoms with Crippen molar-refractivity contribution in [3.8, 4) is 5.75 Å². The van der Waals surface area contributed by atoms with Crippen LogP contribution in [-0.4, -0.2) is 41.2 Å². The van der Waals surface area contributed by atoms with E-state index in [1.165, 1.54) is 12.8 Å². The average molecular weight is 261 g/mol. The van der Waals surface area contributed by atoms with E-state index in [4.69, 9.17) is 9.84 Å². The highest BCUT2D eigenvalue weighted by Gasteiger charge is 2.32. The van der Waals surface area contributed by atoms with Crippen molar-refractivity contribution in [1.29, 1.82) is 0 Å². The minimum Gasteiger partial charge on any atom is -0.490 e. The predicted molar refractivity (Wildman–Crippen MR) is 71.6 cm³/mol. The van der Waals surface area contributed by atoms with E-state index >= 15 is 0 Å². The Balaban J connectivity index is 1.52. The summed E-state index contributed by atoms with van der Waals surface area (Å²) < 4.78 is 5.92. The summed E-state index contributed by atoms with van der Waals surface area (Å²) >= 11 is 0. The molecule has 1 heterocycles. The molecule has 1 aliphatic heterocycles. The Morgan fingerprint density at radius 1 is 1.11 bits per heavy atom. The fraction of sp³-hybridized carbons (Fsp3) is 0.533. The summed E-state index contributed by atoms with van der Waals surface area (Å²) in [5, 5.41) is 8.84. The number of carboxylic acids is 1. The van der Waals surface area contributed by atoms with Gasteiger partial charge in [0, 0.05) is 19.1 Å². The van der Waals surface area contributed by atoms with Crippen LogP contribution in [0.25, 0.3) is 0 Å². The van der Waals surface area contributed by atoms with Gasteiger partial charge in [-0.2, -0.15) is 0 Å². The number of piperidine rings is 1. The molecule has 1 saturated carbocycles. The molecule has 1 aromatic rings. The number of hydrogen-bond donors (Lipinski definition) is 1. The van der Waals surface area contributed by atoms with E-state index in [1.54, 1.807) is 24.3 Å². The molecular formula is C15H19NO3. The van der Waals surface area contributed by atoms with Crippen molar-refractivity contribution >= 4 is 5.97 Å². The highest BCUT2D eigenvalue weighted by atomic mass is 16.5. The van der Waals surface area contributed by atoms with Gasteiger partial charge < -0.3 is 14.7 Å². The number of nitrogens with zero attached hydrogens (tertiary/aromatic N) is 1. The Morgan fingerprint density at radius 3 is 2.26 bits per heavy atom. The zero-order valence-electron chi connectivity index (χ0n) is 10.9. The number of likely N-dealkylation sites (tertiary alicyclic amines) is 1. The van der Waals surface area contributed by atoms with Crippen molar-refractivity contribution in [3.05, 3.63) is 29.8 Å². The van der Waals surface area contributed by atoms with Gasteiger partial charge in [0.05, 0.1) is 5.56 Å². The number of rotatable bonds is 4. The molecule has 3 rings (SSSR count). The van der Waals surface area contributed by atoms with E-state index in [0.717, 1.165) is 37.7 Å². The number of aromatic carboxylic acids is 1. The number of benzene rings is 1. The number of ether oxygens (including phenoxy) is 1. The SMILES string of the molecule is O=C(O)c1ccc(OC2CCN(C3CC3)CC2)cc1. The van der Waals surface area contributed by atoms with Crippen LogP contribution in [-0.2, 0) is 0 Å². The lowest BCUT2D eigenvalue weighted by atomic mass is 10.1. The van der Waals surface area contributed by atoms with E-state index in [9.17, 15) is 4.79 Å². The van der Waals surface area contributed by atoms with Crippen LogP contribution in [0.5, 0.6) is 5.75 Å². The van der Waals surface area contributed by atoms with Crippen molar-refractivity contribution in [3.63, 3.8) is 0 Å². The molecule has 1 N–H and O–H groups in total. The summed E-state index contributed by atoms with van der Waals surface area (Å²) in [5.41, 5.74) is 0.302. The highest BCUT2D eigenvalue weighted by Crippen LogP contribution is 2.30. The standard InChI is InChI=1S/C15H19NO3/c17-15(18)11-1-5-13(6-2-11)19-14-7-9-16(10-8-14)12-3-4-12/h1-2,5-6,12,14H,3-4,7-10H2,(H,17,18). The molecule has 19 heavy (non-hydrogen) atoms. The Bertz CT molecular complexity index is 445. The van der Waals surface area contributed by atoms with E-state index in [2.05, 4.69) is 4.90 Å². The molecular weight excluding hydrogens is 242 g/mol. The lowest BCUT2D eigenvalue weighted by Crippen LogP contribution is -2.39. The summed E-state index contributed by atoms with van der Waals surface area (Å²) in [4.78, 5) is 13.3. The molecule has 0 aromatic heterocycles. The summed E-state index contributed by atoms with van der Waals surface area (Å²) in [7, 11) is 0. The molecule has 2 aliphatic rings. The van der Waals surface area contributed by atoms with Crippen LogP contribution in [0.1, 0.15) is 36.0 Å². The van der Waals surface area contributed by atoms with Crippen LogP contribution in [0.3, 0.4) is 0 Å². The molecule has 4 heteroatoms. The Kier molecular flexibility index (Phi) is 3.42. The topological polar surface area (TPSA) is 49.8 Å². The quantitative estimate of drug-likeness (QED) is 0.904. The third kappa shape index (κ3) is 3.07. The first-order chi connectivity index (χ1) is 9.22. The monoisotopic (exact) mass is 261 g/mol. The number of carbonyl (C=O) groups is 1. The van der Waals surface area contributed by atoms with Crippen LogP contribution < -0.4 is 4.74 Å². The van der Waals surface area contributed by atoms with Crippen LogP contribution in [0, 0.1) is 0 Å². The van der Waals surface area contributed by atoms with Gasteiger partial charge in [0.1, 0.15) is 11.9 Å². The van der Waals surface area contributed by atoms with Crippen molar-refractivity contribution < 1.29 is 14.6 Å². The smallest absolute Gasteiger partial charge is 0.335 e. The molecule has 0 bridgehead atoms. The largest absolute Gasteiger partial charge is 0.490 e. The summed E-state index contributed by atoms with van der Waals surface area (Å²) in [6.45, 7) is 2.26. The highest BCUT2D eigenvalue weighted by molar-refractivity contribution is 5.87. The first-order valence-electron chi connectivity index (χ1n) is 6.96. The third-order valence-electron chi connectivity index (χ3n) is 3.94. The Labute approximate surface area is 113 Å². The van der Waals surface area contributed by atoms with Gasteiger partial charge in [-0.3, -0.25) is 0 Å². The molecule has 4 nitrogen and oxygen atoms in total. The van der Waals surface area contributed by atoms with Gasteiger partial charge in [-0.25, -0.2) is 4.79 Å².